The fraction of sp³-hybridized carbons (Fsp3) is 0.667. The van der Waals surface area contributed by atoms with Crippen LogP contribution in [0, 0.1) is 29.6 Å². The highest BCUT2D eigenvalue weighted by Crippen LogP contribution is 2.49. The number of piperidine rings is 1. The zero-order valence-electron chi connectivity index (χ0n) is 29.4. The minimum Gasteiger partial charge on any atom is -0.490 e. The van der Waals surface area contributed by atoms with Crippen molar-refractivity contribution in [2.75, 3.05) is 44.7 Å². The lowest BCUT2D eigenvalue weighted by Gasteiger charge is -2.49. The van der Waals surface area contributed by atoms with E-state index in [1.54, 1.807) is 13.0 Å². The molecule has 1 spiro atoms. The van der Waals surface area contributed by atoms with Crippen molar-refractivity contribution >= 4 is 33.2 Å². The Morgan fingerprint density at radius 2 is 1.82 bits per heavy atom. The van der Waals surface area contributed by atoms with Gasteiger partial charge in [-0.25, -0.2) is 13.1 Å². The van der Waals surface area contributed by atoms with Gasteiger partial charge in [-0.15, -0.1) is 0 Å². The van der Waals surface area contributed by atoms with Crippen molar-refractivity contribution in [2.45, 2.75) is 94.8 Å². The van der Waals surface area contributed by atoms with Gasteiger partial charge in [-0.2, -0.15) is 0 Å². The van der Waals surface area contributed by atoms with E-state index in [1.807, 2.05) is 25.1 Å². The van der Waals surface area contributed by atoms with Crippen LogP contribution in [0.4, 0.5) is 5.69 Å². The van der Waals surface area contributed by atoms with Gasteiger partial charge in [-0.3, -0.25) is 4.79 Å². The Hall–Kier alpha value is -2.33. The highest BCUT2D eigenvalue weighted by atomic mass is 35.5. The molecule has 2 bridgehead atoms. The number of likely N-dealkylation sites (tertiary alicyclic amines) is 1. The number of hydrogen-bond acceptors (Lipinski definition) is 7. The molecule has 2 fully saturated rings. The minimum absolute atomic E-state index is 0.128. The first-order valence-electron chi connectivity index (χ1n) is 18.7. The van der Waals surface area contributed by atoms with Crippen LogP contribution in [0.25, 0.3) is 0 Å². The molecule has 2 N–H and O–H groups in total. The summed E-state index contributed by atoms with van der Waals surface area (Å²) in [5.74, 6) is 1.27. The van der Waals surface area contributed by atoms with Crippen LogP contribution in [0.2, 0.25) is 5.02 Å². The highest BCUT2D eigenvalue weighted by Gasteiger charge is 2.46. The molecule has 1 saturated heterocycles. The average molecular weight is 712 g/mol. The molecule has 1 amide bonds. The molecular weight excluding hydrogens is 658 g/mol. The van der Waals surface area contributed by atoms with Gasteiger partial charge in [-0.1, -0.05) is 31.0 Å². The third-order valence-electron chi connectivity index (χ3n) is 13.2. The van der Waals surface area contributed by atoms with Gasteiger partial charge in [0.25, 0.3) is 5.91 Å². The number of rotatable bonds is 2. The number of benzene rings is 2. The predicted octanol–water partition coefficient (Wildman–Crippen LogP) is 6.43. The number of aliphatic hydroxyl groups excluding tert-OH is 1. The zero-order valence-corrected chi connectivity index (χ0v) is 30.9. The van der Waals surface area contributed by atoms with E-state index < -0.39 is 21.2 Å². The van der Waals surface area contributed by atoms with Crippen molar-refractivity contribution < 1.29 is 23.1 Å². The molecule has 8 nitrogen and oxygen atoms in total. The highest BCUT2D eigenvalue weighted by molar-refractivity contribution is 7.90. The van der Waals surface area contributed by atoms with Crippen LogP contribution in [-0.2, 0) is 21.9 Å². The molecule has 10 heteroatoms. The molecule has 268 valence electrons. The second-order valence-electron chi connectivity index (χ2n) is 16.2. The molecule has 2 aromatic carbocycles. The quantitative estimate of drug-likeness (QED) is 0.371. The number of anilines is 1. The first-order chi connectivity index (χ1) is 23.4. The number of hydrogen-bond donors (Lipinski definition) is 2. The van der Waals surface area contributed by atoms with Gasteiger partial charge in [0.1, 0.15) is 5.75 Å². The van der Waals surface area contributed by atoms with Gasteiger partial charge in [0.2, 0.25) is 10.0 Å². The third kappa shape index (κ3) is 6.98. The summed E-state index contributed by atoms with van der Waals surface area (Å²) in [5, 5.41) is 12.1. The molecule has 49 heavy (non-hydrogen) atoms. The summed E-state index contributed by atoms with van der Waals surface area (Å²) in [6.45, 7) is 7.77. The monoisotopic (exact) mass is 711 g/mol. The fourth-order valence-corrected chi connectivity index (χ4v) is 11.3. The molecule has 3 heterocycles. The first kappa shape index (κ1) is 35.1. The van der Waals surface area contributed by atoms with Gasteiger partial charge >= 0.3 is 0 Å². The molecule has 7 rings (SSSR count). The first-order valence-corrected chi connectivity index (χ1v) is 20.6. The van der Waals surface area contributed by atoms with Crippen LogP contribution in [0.5, 0.6) is 5.75 Å². The molecule has 5 aliphatic rings. The maximum Gasteiger partial charge on any atom is 0.264 e. The third-order valence-corrected chi connectivity index (χ3v) is 15.3. The number of aliphatic hydroxyl groups is 1. The van der Waals surface area contributed by atoms with Gasteiger partial charge in [0.15, 0.2) is 0 Å². The topological polar surface area (TPSA) is 99.2 Å². The summed E-state index contributed by atoms with van der Waals surface area (Å²) in [7, 11) is -1.74. The Kier molecular flexibility index (Phi) is 10.0. The number of nitrogens with one attached hydrogen (secondary N) is 1. The summed E-state index contributed by atoms with van der Waals surface area (Å²) < 4.78 is 36.1. The van der Waals surface area contributed by atoms with Crippen molar-refractivity contribution in [1.29, 1.82) is 0 Å². The minimum atomic E-state index is -3.91. The van der Waals surface area contributed by atoms with E-state index in [4.69, 9.17) is 16.3 Å². The van der Waals surface area contributed by atoms with Crippen LogP contribution in [0.3, 0.4) is 0 Å². The van der Waals surface area contributed by atoms with Crippen LogP contribution in [-0.4, -0.2) is 75.5 Å². The van der Waals surface area contributed by atoms with Crippen LogP contribution in [0.1, 0.15) is 93.1 Å². The molecule has 0 unspecified atom stereocenters. The number of fused-ring (bicyclic) bond motifs is 4. The average Bonchev–Trinajstić information content (AvgIpc) is 3.21. The number of amides is 1. The molecule has 0 radical (unpaired) electrons. The smallest absolute Gasteiger partial charge is 0.264 e. The van der Waals surface area contributed by atoms with Crippen molar-refractivity contribution in [3.63, 3.8) is 0 Å². The normalized spacial score (nSPS) is 33.3. The van der Waals surface area contributed by atoms with Gasteiger partial charge in [-0.05, 0) is 156 Å². The Bertz CT molecular complexity index is 1640. The van der Waals surface area contributed by atoms with Crippen molar-refractivity contribution in [2.24, 2.45) is 29.6 Å². The number of ether oxygens (including phenoxy) is 1. The van der Waals surface area contributed by atoms with Gasteiger partial charge < -0.3 is 19.6 Å². The summed E-state index contributed by atoms with van der Waals surface area (Å²) in [5.41, 5.74) is 3.47. The van der Waals surface area contributed by atoms with Crippen LogP contribution in [0.15, 0.2) is 36.4 Å². The van der Waals surface area contributed by atoms with E-state index in [0.717, 1.165) is 107 Å². The Balaban J connectivity index is 1.27. The van der Waals surface area contributed by atoms with E-state index in [1.165, 1.54) is 11.1 Å². The molecule has 2 aromatic rings. The Morgan fingerprint density at radius 1 is 1.02 bits per heavy atom. The summed E-state index contributed by atoms with van der Waals surface area (Å²) in [4.78, 5) is 18.4. The van der Waals surface area contributed by atoms with E-state index >= 15 is 0 Å². The number of nitrogens with zero attached hydrogens (tertiary/aromatic N) is 2. The summed E-state index contributed by atoms with van der Waals surface area (Å²) >= 11 is 6.47. The van der Waals surface area contributed by atoms with E-state index in [-0.39, 0.29) is 23.4 Å². The van der Waals surface area contributed by atoms with E-state index in [9.17, 15) is 18.3 Å². The molecule has 7 atom stereocenters. The standard InChI is InChI=1S/C39H54ClN3O5S/c1-25-6-4-8-33(37(44)27-15-18-42(3)19-16-27)32-12-9-30(32)22-43-23-39(17-5-7-28-20-31(40)11-13-34(28)39)24-48-36-14-10-29(21-35(36)43)38(45)41-49(46,47)26(25)2/h10-11,13-14,20-21,25-27,30,32-33,37,44H,4-9,12,15-19,22-24H2,1-3H3,(H,41,45)/t25-,26+,30-,32+,33-,37-,39-/m0/s1. The zero-order chi connectivity index (χ0) is 34.5. The predicted molar refractivity (Wildman–Crippen MR) is 195 cm³/mol. The molecular formula is C39H54ClN3O5S. The second-order valence-corrected chi connectivity index (χ2v) is 18.6. The number of carbonyl (C=O) groups excluding carboxylic acids is 1. The maximum absolute atomic E-state index is 13.6. The molecule has 3 aliphatic heterocycles. The SMILES string of the molecule is C[C@@H]1[C@@H](C)CCC[C@H]([C@@H](O)C2CCN(C)CC2)[C@@H]2CC[C@H]2CN2C[C@@]3(CCCc4cc(Cl)ccc43)COc3ccc(cc32)C(=O)NS1(=O)=O. The van der Waals surface area contributed by atoms with Gasteiger partial charge in [0.05, 0.1) is 23.6 Å². The number of sulfonamides is 1. The lowest BCUT2D eigenvalue weighted by atomic mass is 9.62. The Labute approximate surface area is 298 Å². The lowest BCUT2D eigenvalue weighted by molar-refractivity contribution is -0.0414. The second kappa shape index (κ2) is 14.0. The van der Waals surface area contributed by atoms with Crippen molar-refractivity contribution in [1.82, 2.24) is 9.62 Å². The fourth-order valence-electron chi connectivity index (χ4n) is 9.78. The number of carbonyl (C=O) groups is 1. The van der Waals surface area contributed by atoms with Crippen molar-refractivity contribution in [3.05, 3.63) is 58.1 Å². The number of halogens is 1. The number of aryl methyl sites for hydroxylation is 1. The summed E-state index contributed by atoms with van der Waals surface area (Å²) in [6, 6.07) is 11.6. The van der Waals surface area contributed by atoms with E-state index in [0.29, 0.717) is 29.9 Å². The molecule has 0 aromatic heterocycles. The lowest BCUT2D eigenvalue weighted by Crippen LogP contribution is -2.50. The Morgan fingerprint density at radius 3 is 2.57 bits per heavy atom. The van der Waals surface area contributed by atoms with Gasteiger partial charge in [0, 0.05) is 29.1 Å². The largest absolute Gasteiger partial charge is 0.490 e. The van der Waals surface area contributed by atoms with Crippen LogP contribution >= 0.6 is 11.6 Å². The molecule has 2 aliphatic carbocycles. The van der Waals surface area contributed by atoms with E-state index in [2.05, 4.69) is 33.7 Å². The summed E-state index contributed by atoms with van der Waals surface area (Å²) in [6.07, 6.45) is 9.38. The van der Waals surface area contributed by atoms with Crippen molar-refractivity contribution in [3.8, 4) is 5.75 Å². The van der Waals surface area contributed by atoms with Crippen LogP contribution < -0.4 is 14.4 Å². The maximum atomic E-state index is 13.6. The molecule has 1 saturated carbocycles.